The first kappa shape index (κ1) is 15.7. The van der Waals surface area contributed by atoms with Crippen molar-refractivity contribution >= 4 is 29.3 Å². The van der Waals surface area contributed by atoms with Crippen LogP contribution in [0.5, 0.6) is 0 Å². The van der Waals surface area contributed by atoms with E-state index in [1.54, 1.807) is 11.8 Å². The fourth-order valence-corrected chi connectivity index (χ4v) is 3.56. The SMILES string of the molecule is O=C(CCSc1ccccc1Cl)NCC1(O)CCCC1. The normalized spacial score (nSPS) is 17.1. The monoisotopic (exact) mass is 313 g/mol. The van der Waals surface area contributed by atoms with Gasteiger partial charge in [-0.25, -0.2) is 0 Å². The van der Waals surface area contributed by atoms with Crippen LogP contribution in [-0.4, -0.2) is 28.9 Å². The maximum absolute atomic E-state index is 11.7. The van der Waals surface area contributed by atoms with E-state index in [0.29, 0.717) is 18.7 Å². The minimum absolute atomic E-state index is 0.00937. The Balaban J connectivity index is 1.67. The van der Waals surface area contributed by atoms with Crippen LogP contribution in [-0.2, 0) is 4.79 Å². The van der Waals surface area contributed by atoms with E-state index in [1.165, 1.54) is 0 Å². The number of amides is 1. The Morgan fingerprint density at radius 2 is 2.05 bits per heavy atom. The zero-order chi connectivity index (χ0) is 14.4. The molecule has 3 nitrogen and oxygen atoms in total. The first-order valence-electron chi connectivity index (χ1n) is 6.95. The molecule has 0 radical (unpaired) electrons. The highest BCUT2D eigenvalue weighted by molar-refractivity contribution is 7.99. The highest BCUT2D eigenvalue weighted by atomic mass is 35.5. The fraction of sp³-hybridized carbons (Fsp3) is 0.533. The van der Waals surface area contributed by atoms with Crippen LogP contribution in [0.2, 0.25) is 5.02 Å². The molecule has 5 heteroatoms. The lowest BCUT2D eigenvalue weighted by Gasteiger charge is -2.22. The lowest BCUT2D eigenvalue weighted by Crippen LogP contribution is -2.40. The molecule has 0 aliphatic heterocycles. The minimum atomic E-state index is -0.675. The van der Waals surface area contributed by atoms with Gasteiger partial charge < -0.3 is 10.4 Å². The number of carbonyl (C=O) groups is 1. The molecular weight excluding hydrogens is 294 g/mol. The number of nitrogens with one attached hydrogen (secondary N) is 1. The summed E-state index contributed by atoms with van der Waals surface area (Å²) >= 11 is 7.63. The molecule has 1 aromatic carbocycles. The molecule has 20 heavy (non-hydrogen) atoms. The fourth-order valence-electron chi connectivity index (χ4n) is 2.38. The first-order valence-corrected chi connectivity index (χ1v) is 8.32. The van der Waals surface area contributed by atoms with E-state index in [4.69, 9.17) is 11.6 Å². The number of hydrogen-bond donors (Lipinski definition) is 2. The molecule has 0 bridgehead atoms. The van der Waals surface area contributed by atoms with Crippen LogP contribution < -0.4 is 5.32 Å². The van der Waals surface area contributed by atoms with Crippen molar-refractivity contribution < 1.29 is 9.90 Å². The van der Waals surface area contributed by atoms with Crippen molar-refractivity contribution in [3.63, 3.8) is 0 Å². The average molecular weight is 314 g/mol. The molecule has 1 saturated carbocycles. The predicted molar refractivity (Wildman–Crippen MR) is 83.2 cm³/mol. The zero-order valence-electron chi connectivity index (χ0n) is 11.4. The van der Waals surface area contributed by atoms with E-state index < -0.39 is 5.60 Å². The number of hydrogen-bond acceptors (Lipinski definition) is 3. The molecule has 2 N–H and O–H groups in total. The molecule has 1 amide bonds. The number of benzene rings is 1. The predicted octanol–water partition coefficient (Wildman–Crippen LogP) is 3.24. The molecule has 1 aliphatic carbocycles. The lowest BCUT2D eigenvalue weighted by atomic mass is 10.0. The van der Waals surface area contributed by atoms with Gasteiger partial charge in [0.15, 0.2) is 0 Å². The third kappa shape index (κ3) is 4.69. The molecule has 0 aromatic heterocycles. The second kappa shape index (κ2) is 7.34. The van der Waals surface area contributed by atoms with Crippen LogP contribution in [0.15, 0.2) is 29.2 Å². The number of aliphatic hydroxyl groups is 1. The van der Waals surface area contributed by atoms with Gasteiger partial charge in [0.1, 0.15) is 0 Å². The average Bonchev–Trinajstić information content (AvgIpc) is 2.86. The van der Waals surface area contributed by atoms with Crippen molar-refractivity contribution in [1.29, 1.82) is 0 Å². The van der Waals surface area contributed by atoms with Gasteiger partial charge >= 0.3 is 0 Å². The summed E-state index contributed by atoms with van der Waals surface area (Å²) in [6, 6.07) is 7.62. The summed E-state index contributed by atoms with van der Waals surface area (Å²) in [6.45, 7) is 0.378. The van der Waals surface area contributed by atoms with Crippen LogP contribution in [0.1, 0.15) is 32.1 Å². The summed E-state index contributed by atoms with van der Waals surface area (Å²) in [5, 5.41) is 13.7. The van der Waals surface area contributed by atoms with Crippen molar-refractivity contribution in [1.82, 2.24) is 5.32 Å². The van der Waals surface area contributed by atoms with E-state index in [1.807, 2.05) is 24.3 Å². The third-order valence-electron chi connectivity index (χ3n) is 3.57. The molecule has 110 valence electrons. The zero-order valence-corrected chi connectivity index (χ0v) is 13.0. The van der Waals surface area contributed by atoms with Crippen molar-refractivity contribution in [2.24, 2.45) is 0 Å². The third-order valence-corrected chi connectivity index (χ3v) is 5.09. The largest absolute Gasteiger partial charge is 0.388 e. The van der Waals surface area contributed by atoms with Gasteiger partial charge in [0, 0.05) is 23.6 Å². The molecule has 2 rings (SSSR count). The van der Waals surface area contributed by atoms with Gasteiger partial charge in [0.2, 0.25) is 5.91 Å². The van der Waals surface area contributed by atoms with Gasteiger partial charge in [-0.2, -0.15) is 0 Å². The Labute approximate surface area is 129 Å². The minimum Gasteiger partial charge on any atom is -0.388 e. The topological polar surface area (TPSA) is 49.3 Å². The number of rotatable bonds is 6. The molecular formula is C15H20ClNO2S. The van der Waals surface area contributed by atoms with E-state index in [9.17, 15) is 9.90 Å². The second-order valence-electron chi connectivity index (χ2n) is 5.24. The van der Waals surface area contributed by atoms with Crippen LogP contribution in [0.25, 0.3) is 0 Å². The Morgan fingerprint density at radius 1 is 1.35 bits per heavy atom. The van der Waals surface area contributed by atoms with Crippen molar-refractivity contribution in [2.75, 3.05) is 12.3 Å². The maximum Gasteiger partial charge on any atom is 0.220 e. The Kier molecular flexibility index (Phi) is 5.75. The molecule has 0 spiro atoms. The molecule has 0 heterocycles. The maximum atomic E-state index is 11.7. The van der Waals surface area contributed by atoms with E-state index in [-0.39, 0.29) is 5.91 Å². The molecule has 1 aliphatic rings. The highest BCUT2D eigenvalue weighted by Crippen LogP contribution is 2.29. The first-order chi connectivity index (χ1) is 9.59. The van der Waals surface area contributed by atoms with Crippen molar-refractivity contribution in [2.45, 2.75) is 42.6 Å². The molecule has 1 aromatic rings. The summed E-state index contributed by atoms with van der Waals surface area (Å²) in [5.41, 5.74) is -0.675. The molecule has 0 saturated heterocycles. The van der Waals surface area contributed by atoms with Gasteiger partial charge in [-0.15, -0.1) is 11.8 Å². The van der Waals surface area contributed by atoms with Crippen molar-refractivity contribution in [3.05, 3.63) is 29.3 Å². The Bertz CT molecular complexity index is 461. The summed E-state index contributed by atoms with van der Waals surface area (Å²) in [7, 11) is 0. The quantitative estimate of drug-likeness (QED) is 0.793. The van der Waals surface area contributed by atoms with Gasteiger partial charge in [-0.05, 0) is 25.0 Å². The Hall–Kier alpha value is -0.710. The summed E-state index contributed by atoms with van der Waals surface area (Å²) in [5.74, 6) is 0.679. The Morgan fingerprint density at radius 3 is 2.75 bits per heavy atom. The standard InChI is InChI=1S/C15H20ClNO2S/c16-12-5-1-2-6-13(12)20-10-7-14(18)17-11-15(19)8-3-4-9-15/h1-2,5-6,19H,3-4,7-11H2,(H,17,18). The van der Waals surface area contributed by atoms with E-state index >= 15 is 0 Å². The molecule has 0 unspecified atom stereocenters. The smallest absolute Gasteiger partial charge is 0.220 e. The molecule has 1 fully saturated rings. The summed E-state index contributed by atoms with van der Waals surface area (Å²) in [4.78, 5) is 12.7. The van der Waals surface area contributed by atoms with Crippen LogP contribution in [0, 0.1) is 0 Å². The van der Waals surface area contributed by atoms with Gasteiger partial charge in [0.25, 0.3) is 0 Å². The van der Waals surface area contributed by atoms with Gasteiger partial charge in [-0.1, -0.05) is 36.6 Å². The van der Waals surface area contributed by atoms with E-state index in [0.717, 1.165) is 35.6 Å². The van der Waals surface area contributed by atoms with E-state index in [2.05, 4.69) is 5.32 Å². The van der Waals surface area contributed by atoms with Crippen molar-refractivity contribution in [3.8, 4) is 0 Å². The van der Waals surface area contributed by atoms with Gasteiger partial charge in [0.05, 0.1) is 10.6 Å². The number of thioether (sulfide) groups is 1. The lowest BCUT2D eigenvalue weighted by molar-refractivity contribution is -0.121. The highest BCUT2D eigenvalue weighted by Gasteiger charge is 2.31. The van der Waals surface area contributed by atoms with Crippen LogP contribution in [0.4, 0.5) is 0 Å². The number of halogens is 1. The number of carbonyl (C=O) groups excluding carboxylic acids is 1. The van der Waals surface area contributed by atoms with Crippen LogP contribution in [0.3, 0.4) is 0 Å². The summed E-state index contributed by atoms with van der Waals surface area (Å²) in [6.07, 6.45) is 4.12. The van der Waals surface area contributed by atoms with Crippen LogP contribution >= 0.6 is 23.4 Å². The molecule has 0 atom stereocenters. The summed E-state index contributed by atoms with van der Waals surface area (Å²) < 4.78 is 0. The second-order valence-corrected chi connectivity index (χ2v) is 6.78. The van der Waals surface area contributed by atoms with Gasteiger partial charge in [-0.3, -0.25) is 4.79 Å².